The van der Waals surface area contributed by atoms with Crippen LogP contribution in [0.2, 0.25) is 5.15 Å². The molecule has 1 atom stereocenters. The molecule has 4 nitrogen and oxygen atoms in total. The fourth-order valence-corrected chi connectivity index (χ4v) is 1.48. The number of nitrogens with one attached hydrogen (secondary N) is 2. The van der Waals surface area contributed by atoms with Gasteiger partial charge in [-0.3, -0.25) is 0 Å². The third-order valence-corrected chi connectivity index (χ3v) is 2.25. The summed E-state index contributed by atoms with van der Waals surface area (Å²) in [6.45, 7) is 2.06. The molecule has 0 unspecified atom stereocenters. The molecule has 1 saturated heterocycles. The molecule has 2 heterocycles. The highest BCUT2D eigenvalue weighted by molar-refractivity contribution is 6.29. The van der Waals surface area contributed by atoms with Gasteiger partial charge in [-0.1, -0.05) is 11.6 Å². The molecule has 0 radical (unpaired) electrons. The second kappa shape index (κ2) is 5.34. The third-order valence-electron chi connectivity index (χ3n) is 2.04. The van der Waals surface area contributed by atoms with Gasteiger partial charge in [0.1, 0.15) is 5.82 Å². The molecule has 2 N–H and O–H groups in total. The third kappa shape index (κ3) is 2.97. The number of rotatable bonds is 2. The van der Waals surface area contributed by atoms with Crippen LogP contribution in [0.3, 0.4) is 0 Å². The standard InChI is InChI=1S/C8H11ClN4.ClH/c9-7-1-2-8(13-12-7)11-6-3-4-10-5-6;/h1-2,6,10H,3-5H2,(H,11,13);1H/t6-;/m1./s1. The van der Waals surface area contributed by atoms with Gasteiger partial charge in [0.2, 0.25) is 0 Å². The zero-order chi connectivity index (χ0) is 9.10. The molecule has 2 rings (SSSR count). The van der Waals surface area contributed by atoms with Gasteiger partial charge in [-0.2, -0.15) is 0 Å². The first-order valence-corrected chi connectivity index (χ1v) is 4.69. The monoisotopic (exact) mass is 234 g/mol. The Morgan fingerprint density at radius 2 is 2.29 bits per heavy atom. The maximum Gasteiger partial charge on any atom is 0.151 e. The van der Waals surface area contributed by atoms with Crippen LogP contribution in [0.1, 0.15) is 6.42 Å². The van der Waals surface area contributed by atoms with Gasteiger partial charge in [0.05, 0.1) is 0 Å². The lowest BCUT2D eigenvalue weighted by molar-refractivity contribution is 0.782. The van der Waals surface area contributed by atoms with E-state index in [4.69, 9.17) is 11.6 Å². The summed E-state index contributed by atoms with van der Waals surface area (Å²) in [6.07, 6.45) is 1.13. The van der Waals surface area contributed by atoms with Crippen LogP contribution in [0.25, 0.3) is 0 Å². The topological polar surface area (TPSA) is 49.8 Å². The van der Waals surface area contributed by atoms with Crippen molar-refractivity contribution in [2.24, 2.45) is 0 Å². The summed E-state index contributed by atoms with van der Waals surface area (Å²) in [5.74, 6) is 0.790. The highest BCUT2D eigenvalue weighted by Crippen LogP contribution is 2.09. The normalized spacial score (nSPS) is 20.2. The molecule has 0 aliphatic carbocycles. The Hall–Kier alpha value is -0.580. The molecule has 0 aromatic carbocycles. The Morgan fingerprint density at radius 3 is 2.86 bits per heavy atom. The van der Waals surface area contributed by atoms with E-state index in [9.17, 15) is 0 Å². The molecule has 0 saturated carbocycles. The number of halogens is 2. The average Bonchev–Trinajstić information content (AvgIpc) is 2.62. The van der Waals surface area contributed by atoms with E-state index >= 15 is 0 Å². The van der Waals surface area contributed by atoms with E-state index in [1.54, 1.807) is 6.07 Å². The summed E-state index contributed by atoms with van der Waals surface area (Å²) in [5.41, 5.74) is 0. The van der Waals surface area contributed by atoms with Gasteiger partial charge in [-0.25, -0.2) is 0 Å². The SMILES string of the molecule is Cl.Clc1ccc(N[C@@H]2CCNC2)nn1. The molecular formula is C8H12Cl2N4. The summed E-state index contributed by atoms with van der Waals surface area (Å²) in [6, 6.07) is 4.04. The van der Waals surface area contributed by atoms with Crippen LogP contribution in [-0.4, -0.2) is 29.3 Å². The smallest absolute Gasteiger partial charge is 0.151 e. The Balaban J connectivity index is 0.000000980. The molecule has 1 fully saturated rings. The number of nitrogens with zero attached hydrogens (tertiary/aromatic N) is 2. The van der Waals surface area contributed by atoms with Gasteiger partial charge in [0.25, 0.3) is 0 Å². The minimum atomic E-state index is 0. The lowest BCUT2D eigenvalue weighted by Crippen LogP contribution is -2.22. The first-order valence-electron chi connectivity index (χ1n) is 4.31. The molecule has 0 bridgehead atoms. The van der Waals surface area contributed by atoms with Crippen molar-refractivity contribution in [3.63, 3.8) is 0 Å². The summed E-state index contributed by atoms with van der Waals surface area (Å²) in [7, 11) is 0. The summed E-state index contributed by atoms with van der Waals surface area (Å²) in [4.78, 5) is 0. The molecular weight excluding hydrogens is 223 g/mol. The molecule has 0 amide bonds. The van der Waals surface area contributed by atoms with Crippen LogP contribution in [0, 0.1) is 0 Å². The Labute approximate surface area is 93.8 Å². The van der Waals surface area contributed by atoms with Crippen LogP contribution in [-0.2, 0) is 0 Å². The van der Waals surface area contributed by atoms with E-state index in [1.165, 1.54) is 0 Å². The van der Waals surface area contributed by atoms with Crippen LogP contribution >= 0.6 is 24.0 Å². The van der Waals surface area contributed by atoms with E-state index < -0.39 is 0 Å². The van der Waals surface area contributed by atoms with Crippen LogP contribution in [0.5, 0.6) is 0 Å². The maximum atomic E-state index is 5.61. The quantitative estimate of drug-likeness (QED) is 0.811. The van der Waals surface area contributed by atoms with Gasteiger partial charge in [0.15, 0.2) is 5.15 Å². The molecule has 14 heavy (non-hydrogen) atoms. The first-order chi connectivity index (χ1) is 6.34. The Kier molecular flexibility index (Phi) is 4.38. The fraction of sp³-hybridized carbons (Fsp3) is 0.500. The molecule has 1 aromatic rings. The number of aromatic nitrogens is 2. The highest BCUT2D eigenvalue weighted by atomic mass is 35.5. The molecule has 1 aromatic heterocycles. The minimum absolute atomic E-state index is 0. The van der Waals surface area contributed by atoms with Crippen molar-refractivity contribution < 1.29 is 0 Å². The Morgan fingerprint density at radius 1 is 1.43 bits per heavy atom. The largest absolute Gasteiger partial charge is 0.365 e. The average molecular weight is 235 g/mol. The van der Waals surface area contributed by atoms with Crippen molar-refractivity contribution in [1.29, 1.82) is 0 Å². The van der Waals surface area contributed by atoms with Crippen molar-refractivity contribution in [3.8, 4) is 0 Å². The van der Waals surface area contributed by atoms with Gasteiger partial charge in [0, 0.05) is 12.6 Å². The molecule has 6 heteroatoms. The van der Waals surface area contributed by atoms with E-state index in [1.807, 2.05) is 6.07 Å². The number of anilines is 1. The summed E-state index contributed by atoms with van der Waals surface area (Å²) < 4.78 is 0. The van der Waals surface area contributed by atoms with Crippen molar-refractivity contribution in [3.05, 3.63) is 17.3 Å². The van der Waals surface area contributed by atoms with Crippen molar-refractivity contribution >= 4 is 29.8 Å². The molecule has 1 aliphatic heterocycles. The van der Waals surface area contributed by atoms with Gasteiger partial charge in [-0.05, 0) is 25.1 Å². The highest BCUT2D eigenvalue weighted by Gasteiger charge is 2.13. The Bertz CT molecular complexity index is 271. The lowest BCUT2D eigenvalue weighted by Gasteiger charge is -2.10. The van der Waals surface area contributed by atoms with Crippen LogP contribution < -0.4 is 10.6 Å². The summed E-state index contributed by atoms with van der Waals surface area (Å²) in [5, 5.41) is 14.6. The van der Waals surface area contributed by atoms with Crippen molar-refractivity contribution in [1.82, 2.24) is 15.5 Å². The van der Waals surface area contributed by atoms with Crippen LogP contribution in [0.4, 0.5) is 5.82 Å². The molecule has 0 spiro atoms. The first kappa shape index (κ1) is 11.5. The van der Waals surface area contributed by atoms with Gasteiger partial charge >= 0.3 is 0 Å². The van der Waals surface area contributed by atoms with Crippen molar-refractivity contribution in [2.45, 2.75) is 12.5 Å². The predicted octanol–water partition coefficient (Wildman–Crippen LogP) is 1.33. The van der Waals surface area contributed by atoms with Crippen molar-refractivity contribution in [2.75, 3.05) is 18.4 Å². The van der Waals surface area contributed by atoms with Gasteiger partial charge in [-0.15, -0.1) is 22.6 Å². The van der Waals surface area contributed by atoms with E-state index in [2.05, 4.69) is 20.8 Å². The van der Waals surface area contributed by atoms with Gasteiger partial charge < -0.3 is 10.6 Å². The zero-order valence-electron chi connectivity index (χ0n) is 7.53. The zero-order valence-corrected chi connectivity index (χ0v) is 9.11. The van der Waals surface area contributed by atoms with E-state index in [-0.39, 0.29) is 12.4 Å². The fourth-order valence-electron chi connectivity index (χ4n) is 1.38. The summed E-state index contributed by atoms with van der Waals surface area (Å²) >= 11 is 5.61. The van der Waals surface area contributed by atoms with E-state index in [0.717, 1.165) is 25.3 Å². The second-order valence-electron chi connectivity index (χ2n) is 3.08. The van der Waals surface area contributed by atoms with E-state index in [0.29, 0.717) is 11.2 Å². The molecule has 78 valence electrons. The second-order valence-corrected chi connectivity index (χ2v) is 3.46. The molecule has 1 aliphatic rings. The maximum absolute atomic E-state index is 5.61. The van der Waals surface area contributed by atoms with Crippen LogP contribution in [0.15, 0.2) is 12.1 Å². The number of hydrogen-bond donors (Lipinski definition) is 2. The lowest BCUT2D eigenvalue weighted by atomic mass is 10.2. The minimum Gasteiger partial charge on any atom is -0.365 e. The predicted molar refractivity (Wildman–Crippen MR) is 59.2 cm³/mol. The number of hydrogen-bond acceptors (Lipinski definition) is 4.